The summed E-state index contributed by atoms with van der Waals surface area (Å²) in [7, 11) is 0. The zero-order valence-electron chi connectivity index (χ0n) is 10.3. The molecule has 0 atom stereocenters. The normalized spacial score (nSPS) is 11.6. The molecule has 0 heterocycles. The molecule has 0 amide bonds. The lowest BCUT2D eigenvalue weighted by atomic mass is 10.2. The average Bonchev–Trinajstić information content (AvgIpc) is 2.13. The summed E-state index contributed by atoms with van der Waals surface area (Å²) in [5.41, 5.74) is 1.00. The Kier molecular flexibility index (Phi) is 4.63. The highest BCUT2D eigenvalue weighted by molar-refractivity contribution is 6.32. The van der Waals surface area contributed by atoms with Crippen LogP contribution < -0.4 is 4.74 Å². The lowest BCUT2D eigenvalue weighted by molar-refractivity contribution is -0.0162. The van der Waals surface area contributed by atoms with Crippen LogP contribution in [0.15, 0.2) is 18.2 Å². The molecule has 0 spiro atoms. The van der Waals surface area contributed by atoms with Gasteiger partial charge in [0.25, 0.3) is 0 Å². The van der Waals surface area contributed by atoms with Gasteiger partial charge in [0.05, 0.1) is 17.2 Å². The highest BCUT2D eigenvalue weighted by Gasteiger charge is 2.09. The molecule has 0 saturated heterocycles. The van der Waals surface area contributed by atoms with E-state index in [4.69, 9.17) is 21.1 Å². The first kappa shape index (κ1) is 13.3. The first-order chi connectivity index (χ1) is 7.38. The van der Waals surface area contributed by atoms with Crippen molar-refractivity contribution in [2.75, 3.05) is 13.2 Å². The van der Waals surface area contributed by atoms with Gasteiger partial charge in [-0.05, 0) is 45.4 Å². The largest absolute Gasteiger partial charge is 0.490 e. The van der Waals surface area contributed by atoms with Crippen LogP contribution in [0, 0.1) is 6.92 Å². The fourth-order valence-corrected chi connectivity index (χ4v) is 1.51. The molecule has 1 rings (SSSR count). The number of benzene rings is 1. The van der Waals surface area contributed by atoms with Crippen LogP contribution in [0.3, 0.4) is 0 Å². The van der Waals surface area contributed by atoms with Crippen LogP contribution in [0.4, 0.5) is 0 Å². The second-order valence-corrected chi connectivity index (χ2v) is 5.15. The molecule has 0 radical (unpaired) electrons. The minimum Gasteiger partial charge on any atom is -0.490 e. The van der Waals surface area contributed by atoms with Crippen molar-refractivity contribution in [3.63, 3.8) is 0 Å². The standard InChI is InChI=1S/C13H19ClO2/c1-10-5-6-12(11(14)9-10)15-7-8-16-13(2,3)4/h5-6,9H,7-8H2,1-4H3. The molecule has 16 heavy (non-hydrogen) atoms. The molecule has 90 valence electrons. The van der Waals surface area contributed by atoms with E-state index in [0.29, 0.717) is 24.0 Å². The number of hydrogen-bond donors (Lipinski definition) is 0. The van der Waals surface area contributed by atoms with E-state index in [1.807, 2.05) is 45.9 Å². The van der Waals surface area contributed by atoms with E-state index in [1.54, 1.807) is 0 Å². The lowest BCUT2D eigenvalue weighted by Crippen LogP contribution is -2.22. The van der Waals surface area contributed by atoms with Crippen LogP contribution >= 0.6 is 11.6 Å². The van der Waals surface area contributed by atoms with Gasteiger partial charge in [-0.3, -0.25) is 0 Å². The molecule has 1 aromatic rings. The Labute approximate surface area is 103 Å². The monoisotopic (exact) mass is 242 g/mol. The smallest absolute Gasteiger partial charge is 0.138 e. The molecule has 0 aliphatic rings. The van der Waals surface area contributed by atoms with Gasteiger partial charge >= 0.3 is 0 Å². The molecule has 0 fully saturated rings. The van der Waals surface area contributed by atoms with Crippen molar-refractivity contribution in [1.82, 2.24) is 0 Å². The molecular weight excluding hydrogens is 224 g/mol. The van der Waals surface area contributed by atoms with E-state index in [0.717, 1.165) is 5.56 Å². The Balaban J connectivity index is 2.38. The van der Waals surface area contributed by atoms with Gasteiger partial charge in [0.1, 0.15) is 12.4 Å². The van der Waals surface area contributed by atoms with Crippen LogP contribution in [0.5, 0.6) is 5.75 Å². The topological polar surface area (TPSA) is 18.5 Å². The Morgan fingerprint density at radius 2 is 1.88 bits per heavy atom. The summed E-state index contributed by atoms with van der Waals surface area (Å²) in [4.78, 5) is 0. The van der Waals surface area contributed by atoms with E-state index in [1.165, 1.54) is 0 Å². The third-order valence-electron chi connectivity index (χ3n) is 1.96. The van der Waals surface area contributed by atoms with Crippen molar-refractivity contribution in [2.45, 2.75) is 33.3 Å². The second-order valence-electron chi connectivity index (χ2n) is 4.74. The Bertz CT molecular complexity index is 342. The predicted molar refractivity (Wildman–Crippen MR) is 67.4 cm³/mol. The number of rotatable bonds is 4. The summed E-state index contributed by atoms with van der Waals surface area (Å²) < 4.78 is 11.1. The molecule has 0 unspecified atom stereocenters. The van der Waals surface area contributed by atoms with Crippen LogP contribution in [0.25, 0.3) is 0 Å². The lowest BCUT2D eigenvalue weighted by Gasteiger charge is -2.19. The van der Waals surface area contributed by atoms with Crippen LogP contribution in [0.2, 0.25) is 5.02 Å². The SMILES string of the molecule is Cc1ccc(OCCOC(C)(C)C)c(Cl)c1. The molecule has 0 aliphatic heterocycles. The molecule has 0 saturated carbocycles. The average molecular weight is 243 g/mol. The molecule has 0 N–H and O–H groups in total. The van der Waals surface area contributed by atoms with Gasteiger partial charge in [0, 0.05) is 0 Å². The van der Waals surface area contributed by atoms with Gasteiger partial charge < -0.3 is 9.47 Å². The van der Waals surface area contributed by atoms with Gasteiger partial charge in [-0.2, -0.15) is 0 Å². The Morgan fingerprint density at radius 3 is 2.44 bits per heavy atom. The van der Waals surface area contributed by atoms with Crippen molar-refractivity contribution >= 4 is 11.6 Å². The number of halogens is 1. The Hall–Kier alpha value is -0.730. The summed E-state index contributed by atoms with van der Waals surface area (Å²) in [5, 5.41) is 0.649. The van der Waals surface area contributed by atoms with Crippen molar-refractivity contribution in [3.8, 4) is 5.75 Å². The molecule has 0 aromatic heterocycles. The summed E-state index contributed by atoms with van der Waals surface area (Å²) in [5.74, 6) is 0.713. The fourth-order valence-electron chi connectivity index (χ4n) is 1.22. The fraction of sp³-hybridized carbons (Fsp3) is 0.538. The van der Waals surface area contributed by atoms with Crippen molar-refractivity contribution in [2.24, 2.45) is 0 Å². The highest BCUT2D eigenvalue weighted by atomic mass is 35.5. The van der Waals surface area contributed by atoms with Crippen LogP contribution in [-0.2, 0) is 4.74 Å². The van der Waals surface area contributed by atoms with Gasteiger partial charge in [0.15, 0.2) is 0 Å². The summed E-state index contributed by atoms with van der Waals surface area (Å²) in [6.45, 7) is 9.13. The van der Waals surface area contributed by atoms with E-state index >= 15 is 0 Å². The number of aryl methyl sites for hydroxylation is 1. The van der Waals surface area contributed by atoms with Gasteiger partial charge in [-0.25, -0.2) is 0 Å². The quantitative estimate of drug-likeness (QED) is 0.747. The third kappa shape index (κ3) is 4.86. The zero-order valence-corrected chi connectivity index (χ0v) is 11.1. The maximum Gasteiger partial charge on any atom is 0.138 e. The van der Waals surface area contributed by atoms with E-state index < -0.39 is 0 Å². The van der Waals surface area contributed by atoms with Crippen LogP contribution in [0.1, 0.15) is 26.3 Å². The molecule has 3 heteroatoms. The zero-order chi connectivity index (χ0) is 12.2. The van der Waals surface area contributed by atoms with E-state index in [-0.39, 0.29) is 5.60 Å². The van der Waals surface area contributed by atoms with Crippen molar-refractivity contribution in [3.05, 3.63) is 28.8 Å². The maximum absolute atomic E-state index is 6.03. The van der Waals surface area contributed by atoms with Gasteiger partial charge in [-0.1, -0.05) is 17.7 Å². The minimum absolute atomic E-state index is 0.125. The van der Waals surface area contributed by atoms with E-state index in [2.05, 4.69) is 0 Å². The molecular formula is C13H19ClO2. The third-order valence-corrected chi connectivity index (χ3v) is 2.26. The summed E-state index contributed by atoms with van der Waals surface area (Å²) in [6, 6.07) is 5.75. The predicted octanol–water partition coefficient (Wildman–Crippen LogP) is 3.84. The number of ether oxygens (including phenoxy) is 2. The van der Waals surface area contributed by atoms with Crippen molar-refractivity contribution in [1.29, 1.82) is 0 Å². The van der Waals surface area contributed by atoms with E-state index in [9.17, 15) is 0 Å². The maximum atomic E-state index is 6.03. The first-order valence-corrected chi connectivity index (χ1v) is 5.79. The van der Waals surface area contributed by atoms with Crippen LogP contribution in [-0.4, -0.2) is 18.8 Å². The first-order valence-electron chi connectivity index (χ1n) is 5.41. The Morgan fingerprint density at radius 1 is 1.19 bits per heavy atom. The molecule has 2 nitrogen and oxygen atoms in total. The molecule has 0 aliphatic carbocycles. The van der Waals surface area contributed by atoms with Gasteiger partial charge in [-0.15, -0.1) is 0 Å². The van der Waals surface area contributed by atoms with Gasteiger partial charge in [0.2, 0.25) is 0 Å². The number of hydrogen-bond acceptors (Lipinski definition) is 2. The second kappa shape index (κ2) is 5.55. The highest BCUT2D eigenvalue weighted by Crippen LogP contribution is 2.25. The summed E-state index contributed by atoms with van der Waals surface area (Å²) in [6.07, 6.45) is 0. The molecule has 1 aromatic carbocycles. The summed E-state index contributed by atoms with van der Waals surface area (Å²) >= 11 is 6.03. The van der Waals surface area contributed by atoms with Crippen molar-refractivity contribution < 1.29 is 9.47 Å². The minimum atomic E-state index is -0.125. The molecule has 0 bridgehead atoms.